The molecule has 26 heavy (non-hydrogen) atoms. The lowest BCUT2D eigenvalue weighted by atomic mass is 10.2. The predicted molar refractivity (Wildman–Crippen MR) is 95.2 cm³/mol. The van der Waals surface area contributed by atoms with E-state index < -0.39 is 16.6 Å². The maximum atomic E-state index is 12.0. The van der Waals surface area contributed by atoms with E-state index in [1.165, 1.54) is 17.4 Å². The van der Waals surface area contributed by atoms with Crippen molar-refractivity contribution in [1.29, 1.82) is 0 Å². The van der Waals surface area contributed by atoms with Gasteiger partial charge >= 0.3 is 5.76 Å². The maximum Gasteiger partial charge on any atom is 0.437 e. The van der Waals surface area contributed by atoms with Gasteiger partial charge in [-0.05, 0) is 24.4 Å². The number of amides is 1. The number of nitrogens with zero attached hydrogens (tertiary/aromatic N) is 3. The molecule has 1 aromatic carbocycles. The number of nitro groups is 1. The van der Waals surface area contributed by atoms with Crippen LogP contribution in [0.5, 0.6) is 0 Å². The third-order valence-corrected chi connectivity index (χ3v) is 4.44. The van der Waals surface area contributed by atoms with Crippen LogP contribution in [0.25, 0.3) is 10.8 Å². The minimum Gasteiger partial charge on any atom is -0.387 e. The molecule has 0 aliphatic heterocycles. The molecule has 0 radical (unpaired) electrons. The molecule has 2 aromatic heterocycles. The Balaban J connectivity index is 1.64. The highest BCUT2D eigenvalue weighted by Gasteiger charge is 2.14. The van der Waals surface area contributed by atoms with Crippen LogP contribution in [0.15, 0.2) is 44.9 Å². The number of anilines is 1. The summed E-state index contributed by atoms with van der Waals surface area (Å²) in [5, 5.41) is 19.4. The molecule has 10 heteroatoms. The fourth-order valence-corrected chi connectivity index (χ4v) is 2.91. The number of benzene rings is 1. The normalized spacial score (nSPS) is 10.7. The second-order valence-corrected chi connectivity index (χ2v) is 6.38. The molecule has 3 aromatic rings. The molecule has 3 rings (SSSR count). The van der Waals surface area contributed by atoms with Crippen molar-refractivity contribution in [2.24, 2.45) is 0 Å². The SMILES string of the molecule is Cc1ccc(NC(=O)CCn2nc(-c3cccs3)oc2=O)cc1[N+](=O)[O-]. The van der Waals surface area contributed by atoms with E-state index >= 15 is 0 Å². The van der Waals surface area contributed by atoms with Gasteiger partial charge in [-0.15, -0.1) is 16.4 Å². The summed E-state index contributed by atoms with van der Waals surface area (Å²) < 4.78 is 6.14. The van der Waals surface area contributed by atoms with Gasteiger partial charge in [0.25, 0.3) is 11.6 Å². The Hall–Kier alpha value is -3.27. The fourth-order valence-electron chi connectivity index (χ4n) is 2.26. The second-order valence-electron chi connectivity index (χ2n) is 5.43. The minimum absolute atomic E-state index is 0.0298. The average molecular weight is 374 g/mol. The molecule has 0 bridgehead atoms. The van der Waals surface area contributed by atoms with Gasteiger partial charge < -0.3 is 9.73 Å². The van der Waals surface area contributed by atoms with Gasteiger partial charge in [0.15, 0.2) is 0 Å². The highest BCUT2D eigenvalue weighted by Crippen LogP contribution is 2.23. The van der Waals surface area contributed by atoms with E-state index in [1.54, 1.807) is 25.1 Å². The number of hydrogen-bond acceptors (Lipinski definition) is 7. The first kappa shape index (κ1) is 17.5. The molecule has 1 N–H and O–H groups in total. The van der Waals surface area contributed by atoms with Crippen molar-refractivity contribution in [2.45, 2.75) is 19.9 Å². The molecule has 9 nitrogen and oxygen atoms in total. The largest absolute Gasteiger partial charge is 0.437 e. The molecule has 0 aliphatic rings. The monoisotopic (exact) mass is 374 g/mol. The van der Waals surface area contributed by atoms with Crippen LogP contribution in [0.3, 0.4) is 0 Å². The van der Waals surface area contributed by atoms with E-state index in [-0.39, 0.29) is 24.5 Å². The second kappa shape index (κ2) is 7.31. The lowest BCUT2D eigenvalue weighted by molar-refractivity contribution is -0.385. The summed E-state index contributed by atoms with van der Waals surface area (Å²) in [6.45, 7) is 1.65. The molecule has 0 saturated carbocycles. The van der Waals surface area contributed by atoms with Gasteiger partial charge in [0, 0.05) is 23.7 Å². The highest BCUT2D eigenvalue weighted by atomic mass is 32.1. The van der Waals surface area contributed by atoms with Gasteiger partial charge in [0.05, 0.1) is 16.3 Å². The molecule has 0 unspecified atom stereocenters. The maximum absolute atomic E-state index is 12.0. The molecular weight excluding hydrogens is 360 g/mol. The Morgan fingerprint density at radius 2 is 2.23 bits per heavy atom. The van der Waals surface area contributed by atoms with Crippen LogP contribution in [0, 0.1) is 17.0 Å². The number of carbonyl (C=O) groups excluding carboxylic acids is 1. The van der Waals surface area contributed by atoms with Crippen LogP contribution in [0.4, 0.5) is 11.4 Å². The van der Waals surface area contributed by atoms with E-state index in [4.69, 9.17) is 4.42 Å². The van der Waals surface area contributed by atoms with Crippen molar-refractivity contribution in [3.05, 3.63) is 61.9 Å². The number of aryl methyl sites for hydroxylation is 2. The Labute approximate surface area is 151 Å². The van der Waals surface area contributed by atoms with Gasteiger partial charge in [-0.2, -0.15) is 4.68 Å². The summed E-state index contributed by atoms with van der Waals surface area (Å²) in [7, 11) is 0. The minimum atomic E-state index is -0.646. The number of thiophene rings is 1. The van der Waals surface area contributed by atoms with Crippen molar-refractivity contribution < 1.29 is 14.1 Å². The van der Waals surface area contributed by atoms with Crippen LogP contribution in [-0.2, 0) is 11.3 Å². The lowest BCUT2D eigenvalue weighted by Gasteiger charge is -2.06. The van der Waals surface area contributed by atoms with Gasteiger partial charge in [-0.3, -0.25) is 14.9 Å². The summed E-state index contributed by atoms with van der Waals surface area (Å²) in [5.74, 6) is -0.831. The van der Waals surface area contributed by atoms with Crippen LogP contribution in [-0.4, -0.2) is 20.6 Å². The van der Waals surface area contributed by atoms with E-state index in [0.29, 0.717) is 11.3 Å². The Bertz CT molecular complexity index is 1010. The lowest BCUT2D eigenvalue weighted by Crippen LogP contribution is -2.21. The van der Waals surface area contributed by atoms with E-state index in [9.17, 15) is 19.7 Å². The molecule has 0 atom stereocenters. The highest BCUT2D eigenvalue weighted by molar-refractivity contribution is 7.13. The summed E-state index contributed by atoms with van der Waals surface area (Å²) in [6, 6.07) is 8.02. The number of aromatic nitrogens is 2. The molecule has 2 heterocycles. The smallest absolute Gasteiger partial charge is 0.387 e. The standard InChI is InChI=1S/C16H14N4O5S/c1-10-4-5-11(9-12(10)20(23)24)17-14(21)6-7-19-16(22)25-15(18-19)13-3-2-8-26-13/h2-5,8-9H,6-7H2,1H3,(H,17,21). The fraction of sp³-hybridized carbons (Fsp3) is 0.188. The predicted octanol–water partition coefficient (Wildman–Crippen LogP) is 2.81. The first-order chi connectivity index (χ1) is 12.4. The first-order valence-corrected chi connectivity index (χ1v) is 8.49. The number of nitro benzene ring substituents is 1. The van der Waals surface area contributed by atoms with Crippen LogP contribution in [0.2, 0.25) is 0 Å². The number of nitrogens with one attached hydrogen (secondary N) is 1. The van der Waals surface area contributed by atoms with Gasteiger partial charge in [0.2, 0.25) is 5.91 Å². The summed E-state index contributed by atoms with van der Waals surface area (Å²) in [6.07, 6.45) is -0.0298. The van der Waals surface area contributed by atoms with Gasteiger partial charge in [-0.1, -0.05) is 12.1 Å². The van der Waals surface area contributed by atoms with E-state index in [1.807, 2.05) is 11.4 Å². The Morgan fingerprint density at radius 3 is 2.92 bits per heavy atom. The first-order valence-electron chi connectivity index (χ1n) is 7.61. The van der Waals surface area contributed by atoms with Crippen molar-refractivity contribution in [3.63, 3.8) is 0 Å². The van der Waals surface area contributed by atoms with Crippen LogP contribution >= 0.6 is 11.3 Å². The van der Waals surface area contributed by atoms with Gasteiger partial charge in [0.1, 0.15) is 0 Å². The quantitative estimate of drug-likeness (QED) is 0.523. The topological polar surface area (TPSA) is 120 Å². The zero-order valence-corrected chi connectivity index (χ0v) is 14.5. The average Bonchev–Trinajstić information content (AvgIpc) is 3.24. The van der Waals surface area contributed by atoms with E-state index in [2.05, 4.69) is 10.4 Å². The van der Waals surface area contributed by atoms with Crippen molar-refractivity contribution in [1.82, 2.24) is 9.78 Å². The Kier molecular flexibility index (Phi) is 4.94. The Morgan fingerprint density at radius 1 is 1.42 bits per heavy atom. The molecular formula is C16H14N4O5S. The molecule has 0 spiro atoms. The summed E-state index contributed by atoms with van der Waals surface area (Å²) in [5.41, 5.74) is 0.749. The van der Waals surface area contributed by atoms with Crippen molar-refractivity contribution in [2.75, 3.05) is 5.32 Å². The molecule has 0 saturated heterocycles. The number of rotatable bonds is 6. The summed E-state index contributed by atoms with van der Waals surface area (Å²) >= 11 is 1.39. The zero-order chi connectivity index (χ0) is 18.7. The van der Waals surface area contributed by atoms with Gasteiger partial charge in [-0.25, -0.2) is 4.79 Å². The van der Waals surface area contributed by atoms with Crippen LogP contribution < -0.4 is 11.1 Å². The number of carbonyl (C=O) groups is 1. The van der Waals surface area contributed by atoms with Crippen molar-refractivity contribution >= 4 is 28.6 Å². The third kappa shape index (κ3) is 3.86. The molecule has 0 fully saturated rings. The molecule has 134 valence electrons. The van der Waals surface area contributed by atoms with Crippen molar-refractivity contribution in [3.8, 4) is 10.8 Å². The summed E-state index contributed by atoms with van der Waals surface area (Å²) in [4.78, 5) is 35.0. The molecule has 1 amide bonds. The molecule has 0 aliphatic carbocycles. The van der Waals surface area contributed by atoms with E-state index in [0.717, 1.165) is 9.56 Å². The zero-order valence-electron chi connectivity index (χ0n) is 13.7. The number of hydrogen-bond donors (Lipinski definition) is 1. The van der Waals surface area contributed by atoms with Crippen LogP contribution in [0.1, 0.15) is 12.0 Å². The third-order valence-electron chi connectivity index (χ3n) is 3.58.